The number of nitrogens with zero attached hydrogens (tertiary/aromatic N) is 4. The first-order valence-corrected chi connectivity index (χ1v) is 7.16. The van der Waals surface area contributed by atoms with E-state index in [9.17, 15) is 0 Å². The summed E-state index contributed by atoms with van der Waals surface area (Å²) in [5.41, 5.74) is 3.42. The lowest BCUT2D eigenvalue weighted by molar-refractivity contribution is 0.139. The first-order valence-electron chi connectivity index (χ1n) is 7.16. The lowest BCUT2D eigenvalue weighted by Gasteiger charge is -2.35. The van der Waals surface area contributed by atoms with Gasteiger partial charge in [-0.05, 0) is 33.2 Å². The Balaban J connectivity index is 1.83. The summed E-state index contributed by atoms with van der Waals surface area (Å²) in [7, 11) is 0. The van der Waals surface area contributed by atoms with E-state index in [-0.39, 0.29) is 0 Å². The van der Waals surface area contributed by atoms with Crippen molar-refractivity contribution in [1.29, 1.82) is 0 Å². The summed E-state index contributed by atoms with van der Waals surface area (Å²) in [6.07, 6.45) is 9.12. The molecule has 0 amide bonds. The summed E-state index contributed by atoms with van der Waals surface area (Å²) < 4.78 is 5.28. The molecule has 0 bridgehead atoms. The van der Waals surface area contributed by atoms with Crippen molar-refractivity contribution < 1.29 is 4.52 Å². The van der Waals surface area contributed by atoms with E-state index >= 15 is 0 Å². The lowest BCUT2D eigenvalue weighted by Crippen LogP contribution is -2.33. The normalized spacial score (nSPS) is 20.2. The molecule has 0 radical (unpaired) electrons. The second-order valence-corrected chi connectivity index (χ2v) is 5.46. The highest BCUT2D eigenvalue weighted by Crippen LogP contribution is 2.32. The molecule has 3 rings (SSSR count). The Kier molecular flexibility index (Phi) is 3.78. The Labute approximate surface area is 119 Å². The summed E-state index contributed by atoms with van der Waals surface area (Å²) in [5.74, 6) is 0.927. The van der Waals surface area contributed by atoms with Crippen LogP contribution in [-0.2, 0) is 6.54 Å². The van der Waals surface area contributed by atoms with Gasteiger partial charge in [0.1, 0.15) is 12.1 Å². The molecule has 5 nitrogen and oxygen atoms in total. The van der Waals surface area contributed by atoms with Crippen LogP contribution < -0.4 is 0 Å². The molecule has 1 fully saturated rings. The average molecular weight is 272 g/mol. The zero-order chi connectivity index (χ0) is 13.9. The number of hydrogen-bond donors (Lipinski definition) is 0. The minimum atomic E-state index is 0.402. The Morgan fingerprint density at radius 2 is 2.05 bits per heavy atom. The summed E-state index contributed by atoms with van der Waals surface area (Å²) in [5, 5.41) is 4.05. The number of likely N-dealkylation sites (tertiary alicyclic amines) is 1. The van der Waals surface area contributed by atoms with Crippen LogP contribution >= 0.6 is 0 Å². The summed E-state index contributed by atoms with van der Waals surface area (Å²) in [6, 6.07) is 0.402. The molecule has 1 aliphatic heterocycles. The first-order chi connectivity index (χ1) is 9.75. The zero-order valence-electron chi connectivity index (χ0n) is 12.0. The summed E-state index contributed by atoms with van der Waals surface area (Å²) >= 11 is 0. The Hall–Kier alpha value is -1.75. The van der Waals surface area contributed by atoms with Crippen LogP contribution in [0.5, 0.6) is 0 Å². The smallest absolute Gasteiger partial charge is 0.138 e. The number of aromatic nitrogens is 3. The standard InChI is InChI=1S/C15H20N4O/c1-11-14(12(2)20-18-11)9-19-6-4-3-5-15(19)13-7-16-10-17-8-13/h7-8,10,15H,3-6,9H2,1-2H3. The molecule has 1 aliphatic rings. The van der Waals surface area contributed by atoms with Crippen LogP contribution in [0.1, 0.15) is 47.9 Å². The minimum absolute atomic E-state index is 0.402. The molecule has 0 aromatic carbocycles. The van der Waals surface area contributed by atoms with Crippen molar-refractivity contribution in [3.05, 3.63) is 41.3 Å². The second-order valence-electron chi connectivity index (χ2n) is 5.46. The van der Waals surface area contributed by atoms with E-state index in [2.05, 4.69) is 20.0 Å². The molecule has 0 spiro atoms. The van der Waals surface area contributed by atoms with Crippen molar-refractivity contribution in [3.8, 4) is 0 Å². The van der Waals surface area contributed by atoms with Gasteiger partial charge in [-0.15, -0.1) is 0 Å². The predicted octanol–water partition coefficient (Wildman–Crippen LogP) is 2.81. The van der Waals surface area contributed by atoms with Crippen molar-refractivity contribution in [1.82, 2.24) is 20.0 Å². The van der Waals surface area contributed by atoms with Crippen LogP contribution in [0.25, 0.3) is 0 Å². The van der Waals surface area contributed by atoms with Gasteiger partial charge in [0.25, 0.3) is 0 Å². The van der Waals surface area contributed by atoms with Gasteiger partial charge in [0, 0.05) is 36.1 Å². The Bertz CT molecular complexity index is 547. The Morgan fingerprint density at radius 3 is 2.75 bits per heavy atom. The molecule has 2 aromatic rings. The third-order valence-corrected chi connectivity index (χ3v) is 4.12. The molecule has 1 atom stereocenters. The van der Waals surface area contributed by atoms with Crippen LogP contribution in [0.2, 0.25) is 0 Å². The zero-order valence-corrected chi connectivity index (χ0v) is 12.0. The highest BCUT2D eigenvalue weighted by Gasteiger charge is 2.26. The van der Waals surface area contributed by atoms with Crippen molar-refractivity contribution in [2.45, 2.75) is 45.7 Å². The molecule has 106 valence electrons. The van der Waals surface area contributed by atoms with Crippen LogP contribution in [0, 0.1) is 13.8 Å². The molecule has 0 aliphatic carbocycles. The molecule has 20 heavy (non-hydrogen) atoms. The van der Waals surface area contributed by atoms with E-state index in [1.54, 1.807) is 6.33 Å². The number of hydrogen-bond acceptors (Lipinski definition) is 5. The molecule has 0 saturated carbocycles. The fourth-order valence-electron chi connectivity index (χ4n) is 2.97. The number of aryl methyl sites for hydroxylation is 2. The van der Waals surface area contributed by atoms with Crippen LogP contribution in [0.15, 0.2) is 23.2 Å². The van der Waals surface area contributed by atoms with E-state index in [4.69, 9.17) is 4.52 Å². The van der Waals surface area contributed by atoms with Gasteiger partial charge in [0.05, 0.1) is 5.69 Å². The molecule has 1 unspecified atom stereocenters. The van der Waals surface area contributed by atoms with Gasteiger partial charge in [-0.25, -0.2) is 9.97 Å². The highest BCUT2D eigenvalue weighted by atomic mass is 16.5. The van der Waals surface area contributed by atoms with E-state index in [1.165, 1.54) is 24.0 Å². The van der Waals surface area contributed by atoms with Gasteiger partial charge in [-0.3, -0.25) is 4.90 Å². The molecular formula is C15H20N4O. The van der Waals surface area contributed by atoms with Crippen LogP contribution in [0.4, 0.5) is 0 Å². The van der Waals surface area contributed by atoms with Gasteiger partial charge in [-0.1, -0.05) is 11.6 Å². The monoisotopic (exact) mass is 272 g/mol. The van der Waals surface area contributed by atoms with E-state index < -0.39 is 0 Å². The SMILES string of the molecule is Cc1noc(C)c1CN1CCCCC1c1cncnc1. The average Bonchev–Trinajstić information content (AvgIpc) is 2.81. The largest absolute Gasteiger partial charge is 0.361 e. The second kappa shape index (κ2) is 5.71. The third kappa shape index (κ3) is 2.58. The summed E-state index contributed by atoms with van der Waals surface area (Å²) in [6.45, 7) is 5.99. The molecule has 5 heteroatoms. The topological polar surface area (TPSA) is 55.1 Å². The van der Waals surface area contributed by atoms with Crippen LogP contribution in [0.3, 0.4) is 0 Å². The van der Waals surface area contributed by atoms with Crippen molar-refractivity contribution in [2.24, 2.45) is 0 Å². The van der Waals surface area contributed by atoms with Gasteiger partial charge < -0.3 is 4.52 Å². The quantitative estimate of drug-likeness (QED) is 0.860. The molecule has 2 aromatic heterocycles. The van der Waals surface area contributed by atoms with Crippen molar-refractivity contribution in [2.75, 3.05) is 6.54 Å². The molecule has 1 saturated heterocycles. The van der Waals surface area contributed by atoms with Gasteiger partial charge in [0.2, 0.25) is 0 Å². The summed E-state index contributed by atoms with van der Waals surface area (Å²) in [4.78, 5) is 10.8. The maximum atomic E-state index is 5.28. The lowest BCUT2D eigenvalue weighted by atomic mass is 9.96. The maximum absolute atomic E-state index is 5.28. The minimum Gasteiger partial charge on any atom is -0.361 e. The molecule has 0 N–H and O–H groups in total. The van der Waals surface area contributed by atoms with Crippen molar-refractivity contribution >= 4 is 0 Å². The third-order valence-electron chi connectivity index (χ3n) is 4.12. The Morgan fingerprint density at radius 1 is 1.25 bits per heavy atom. The van der Waals surface area contributed by atoms with E-state index in [0.29, 0.717) is 6.04 Å². The number of rotatable bonds is 3. The fraction of sp³-hybridized carbons (Fsp3) is 0.533. The predicted molar refractivity (Wildman–Crippen MR) is 75.0 cm³/mol. The molecular weight excluding hydrogens is 252 g/mol. The van der Waals surface area contributed by atoms with Gasteiger partial charge in [-0.2, -0.15) is 0 Å². The fourth-order valence-corrected chi connectivity index (χ4v) is 2.97. The number of piperidine rings is 1. The van der Waals surface area contributed by atoms with Gasteiger partial charge >= 0.3 is 0 Å². The van der Waals surface area contributed by atoms with E-state index in [0.717, 1.165) is 31.0 Å². The first kappa shape index (κ1) is 13.2. The highest BCUT2D eigenvalue weighted by molar-refractivity contribution is 5.21. The van der Waals surface area contributed by atoms with Crippen molar-refractivity contribution in [3.63, 3.8) is 0 Å². The van der Waals surface area contributed by atoms with Crippen LogP contribution in [-0.4, -0.2) is 26.6 Å². The maximum Gasteiger partial charge on any atom is 0.138 e. The van der Waals surface area contributed by atoms with E-state index in [1.807, 2.05) is 26.2 Å². The van der Waals surface area contributed by atoms with Gasteiger partial charge in [0.15, 0.2) is 0 Å². The molecule has 3 heterocycles.